The number of pyridine rings is 1. The maximum absolute atomic E-state index is 13.2. The third-order valence-electron chi connectivity index (χ3n) is 4.63. The van der Waals surface area contributed by atoms with Gasteiger partial charge in [0.15, 0.2) is 0 Å². The number of nitrogens with one attached hydrogen (secondary N) is 1. The van der Waals surface area contributed by atoms with Crippen LogP contribution in [-0.4, -0.2) is 40.0 Å². The summed E-state index contributed by atoms with van der Waals surface area (Å²) in [4.78, 5) is 22.7. The van der Waals surface area contributed by atoms with E-state index in [-0.39, 0.29) is 12.0 Å². The summed E-state index contributed by atoms with van der Waals surface area (Å²) in [6, 6.07) is 13.7. The van der Waals surface area contributed by atoms with E-state index in [0.29, 0.717) is 18.7 Å². The zero-order chi connectivity index (χ0) is 17.1. The van der Waals surface area contributed by atoms with Crippen LogP contribution in [0.3, 0.4) is 0 Å². The van der Waals surface area contributed by atoms with Gasteiger partial charge in [-0.1, -0.05) is 24.3 Å². The summed E-state index contributed by atoms with van der Waals surface area (Å²) in [5.74, 6) is 0.0126. The van der Waals surface area contributed by atoms with Crippen molar-refractivity contribution in [1.82, 2.24) is 14.9 Å². The maximum Gasteiger partial charge on any atom is 0.256 e. The molecule has 1 aliphatic heterocycles. The Hall–Kier alpha value is -2.66. The van der Waals surface area contributed by atoms with Crippen LogP contribution in [0.5, 0.6) is 0 Å². The van der Waals surface area contributed by atoms with E-state index in [1.807, 2.05) is 47.4 Å². The number of amides is 1. The Kier molecular flexibility index (Phi) is 4.48. The van der Waals surface area contributed by atoms with Crippen LogP contribution < -0.4 is 0 Å². The highest BCUT2D eigenvalue weighted by Crippen LogP contribution is 2.22. The second-order valence-corrected chi connectivity index (χ2v) is 6.39. The second-order valence-electron chi connectivity index (χ2n) is 6.39. The lowest BCUT2D eigenvalue weighted by atomic mass is 10.1. The number of para-hydroxylation sites is 1. The number of aromatic nitrogens is 2. The predicted octanol–water partition coefficient (Wildman–Crippen LogP) is 3.38. The van der Waals surface area contributed by atoms with Crippen molar-refractivity contribution in [2.75, 3.05) is 13.2 Å². The molecule has 128 valence electrons. The van der Waals surface area contributed by atoms with Crippen LogP contribution in [0.1, 0.15) is 28.9 Å². The summed E-state index contributed by atoms with van der Waals surface area (Å²) in [7, 11) is 0. The average Bonchev–Trinajstić information content (AvgIpc) is 3.31. The zero-order valence-corrected chi connectivity index (χ0v) is 14.0. The number of H-pyrrole nitrogens is 1. The van der Waals surface area contributed by atoms with Gasteiger partial charge in [-0.15, -0.1) is 0 Å². The van der Waals surface area contributed by atoms with Crippen LogP contribution in [0.2, 0.25) is 0 Å². The van der Waals surface area contributed by atoms with Gasteiger partial charge >= 0.3 is 0 Å². The molecule has 0 aliphatic carbocycles. The van der Waals surface area contributed by atoms with Crippen LogP contribution in [0.15, 0.2) is 54.9 Å². The smallest absolute Gasteiger partial charge is 0.256 e. The molecule has 1 aromatic carbocycles. The Morgan fingerprint density at radius 3 is 2.92 bits per heavy atom. The monoisotopic (exact) mass is 335 g/mol. The van der Waals surface area contributed by atoms with Gasteiger partial charge in [-0.05, 0) is 31.0 Å². The molecule has 4 rings (SSSR count). The number of fused-ring (bicyclic) bond motifs is 1. The molecule has 1 saturated heterocycles. The van der Waals surface area contributed by atoms with Gasteiger partial charge in [-0.25, -0.2) is 0 Å². The number of benzene rings is 1. The van der Waals surface area contributed by atoms with E-state index in [9.17, 15) is 4.79 Å². The molecule has 1 amide bonds. The van der Waals surface area contributed by atoms with Crippen molar-refractivity contribution in [3.8, 4) is 0 Å². The molecule has 0 radical (unpaired) electrons. The number of aromatic amines is 1. The third kappa shape index (κ3) is 3.42. The summed E-state index contributed by atoms with van der Waals surface area (Å²) in [6.07, 6.45) is 5.73. The molecule has 1 unspecified atom stereocenters. The van der Waals surface area contributed by atoms with Gasteiger partial charge in [0.1, 0.15) is 0 Å². The van der Waals surface area contributed by atoms with E-state index >= 15 is 0 Å². The highest BCUT2D eigenvalue weighted by molar-refractivity contribution is 6.06. The molecular formula is C20H21N3O2. The number of nitrogens with zero attached hydrogens (tertiary/aromatic N) is 2. The first kappa shape index (κ1) is 15.8. The normalized spacial score (nSPS) is 17.0. The van der Waals surface area contributed by atoms with E-state index in [2.05, 4.69) is 9.97 Å². The van der Waals surface area contributed by atoms with Gasteiger partial charge in [0.25, 0.3) is 5.91 Å². The topological polar surface area (TPSA) is 58.2 Å². The van der Waals surface area contributed by atoms with Crippen LogP contribution >= 0.6 is 0 Å². The van der Waals surface area contributed by atoms with Gasteiger partial charge in [-0.2, -0.15) is 0 Å². The summed E-state index contributed by atoms with van der Waals surface area (Å²) < 4.78 is 5.75. The van der Waals surface area contributed by atoms with E-state index in [1.54, 1.807) is 12.4 Å². The van der Waals surface area contributed by atoms with Crippen molar-refractivity contribution in [3.63, 3.8) is 0 Å². The quantitative estimate of drug-likeness (QED) is 0.777. The first-order valence-corrected chi connectivity index (χ1v) is 8.68. The molecule has 3 aromatic rings. The molecule has 2 aromatic heterocycles. The number of rotatable bonds is 5. The highest BCUT2D eigenvalue weighted by atomic mass is 16.5. The standard InChI is InChI=1S/C20H21N3O2/c24-20(18-12-22-19-9-2-1-8-17(18)19)23(14-16-7-5-11-25-16)13-15-6-3-4-10-21-15/h1-4,6,8-10,12,16,22H,5,7,11,13-14H2. The molecule has 1 aliphatic rings. The highest BCUT2D eigenvalue weighted by Gasteiger charge is 2.25. The Morgan fingerprint density at radius 1 is 1.24 bits per heavy atom. The molecule has 1 fully saturated rings. The molecule has 5 heteroatoms. The minimum atomic E-state index is 0.0126. The van der Waals surface area contributed by atoms with Crippen LogP contribution in [0.25, 0.3) is 10.9 Å². The van der Waals surface area contributed by atoms with Gasteiger partial charge in [-0.3, -0.25) is 9.78 Å². The van der Waals surface area contributed by atoms with E-state index < -0.39 is 0 Å². The lowest BCUT2D eigenvalue weighted by Crippen LogP contribution is -2.37. The van der Waals surface area contributed by atoms with Crippen LogP contribution in [0.4, 0.5) is 0 Å². The molecule has 1 atom stereocenters. The summed E-state index contributed by atoms with van der Waals surface area (Å²) >= 11 is 0. The van der Waals surface area contributed by atoms with Crippen LogP contribution in [0, 0.1) is 0 Å². The van der Waals surface area contributed by atoms with E-state index in [4.69, 9.17) is 4.74 Å². The van der Waals surface area contributed by atoms with Crippen molar-refractivity contribution in [2.45, 2.75) is 25.5 Å². The maximum atomic E-state index is 13.2. The lowest BCUT2D eigenvalue weighted by Gasteiger charge is -2.25. The molecule has 0 bridgehead atoms. The van der Waals surface area contributed by atoms with Crippen molar-refractivity contribution in [3.05, 3.63) is 66.1 Å². The predicted molar refractivity (Wildman–Crippen MR) is 96.3 cm³/mol. The fourth-order valence-corrected chi connectivity index (χ4v) is 3.36. The van der Waals surface area contributed by atoms with Gasteiger partial charge in [0.2, 0.25) is 0 Å². The summed E-state index contributed by atoms with van der Waals surface area (Å²) in [6.45, 7) is 1.86. The number of hydrogen-bond acceptors (Lipinski definition) is 3. The third-order valence-corrected chi connectivity index (χ3v) is 4.63. The summed E-state index contributed by atoms with van der Waals surface area (Å²) in [5.41, 5.74) is 2.55. The Bertz CT molecular complexity index is 854. The molecule has 1 N–H and O–H groups in total. The van der Waals surface area contributed by atoms with Crippen molar-refractivity contribution >= 4 is 16.8 Å². The molecule has 3 heterocycles. The van der Waals surface area contributed by atoms with Crippen molar-refractivity contribution < 1.29 is 9.53 Å². The first-order valence-electron chi connectivity index (χ1n) is 8.68. The number of carbonyl (C=O) groups excluding carboxylic acids is 1. The lowest BCUT2D eigenvalue weighted by molar-refractivity contribution is 0.0506. The van der Waals surface area contributed by atoms with E-state index in [1.165, 1.54) is 0 Å². The SMILES string of the molecule is O=C(c1c[nH]c2ccccc12)N(Cc1ccccn1)CC1CCCO1. The second kappa shape index (κ2) is 7.07. The van der Waals surface area contributed by atoms with Gasteiger partial charge in [0.05, 0.1) is 23.9 Å². The zero-order valence-electron chi connectivity index (χ0n) is 14.0. The fourth-order valence-electron chi connectivity index (χ4n) is 3.36. The molecular weight excluding hydrogens is 314 g/mol. The largest absolute Gasteiger partial charge is 0.376 e. The molecule has 5 nitrogen and oxygen atoms in total. The van der Waals surface area contributed by atoms with E-state index in [0.717, 1.165) is 36.0 Å². The Labute approximate surface area is 146 Å². The van der Waals surface area contributed by atoms with Crippen molar-refractivity contribution in [2.24, 2.45) is 0 Å². The summed E-state index contributed by atoms with van der Waals surface area (Å²) in [5, 5.41) is 0.950. The number of ether oxygens (including phenoxy) is 1. The Balaban J connectivity index is 1.62. The molecule has 0 saturated carbocycles. The molecule has 0 spiro atoms. The fraction of sp³-hybridized carbons (Fsp3) is 0.300. The van der Waals surface area contributed by atoms with Gasteiger partial charge in [0, 0.05) is 36.4 Å². The first-order chi connectivity index (χ1) is 12.3. The van der Waals surface area contributed by atoms with Crippen molar-refractivity contribution in [1.29, 1.82) is 0 Å². The Morgan fingerprint density at radius 2 is 2.12 bits per heavy atom. The molecule has 25 heavy (non-hydrogen) atoms. The van der Waals surface area contributed by atoms with Crippen LogP contribution in [-0.2, 0) is 11.3 Å². The minimum absolute atomic E-state index is 0.0126. The average molecular weight is 335 g/mol. The van der Waals surface area contributed by atoms with Gasteiger partial charge < -0.3 is 14.6 Å². The minimum Gasteiger partial charge on any atom is -0.376 e. The number of carbonyl (C=O) groups is 1. The number of hydrogen-bond donors (Lipinski definition) is 1.